The molecule has 2 unspecified atom stereocenters. The van der Waals surface area contributed by atoms with E-state index >= 15 is 0 Å². The topological polar surface area (TPSA) is 578 Å². The Hall–Kier alpha value is -6.15. The van der Waals surface area contributed by atoms with Crippen LogP contribution >= 0.6 is 15.6 Å². The molecule has 18 N–H and O–H groups in total. The van der Waals surface area contributed by atoms with Crippen molar-refractivity contribution in [3.05, 3.63) is 33.1 Å². The van der Waals surface area contributed by atoms with E-state index in [2.05, 4.69) is 40.7 Å². The molecule has 80 heavy (non-hydrogen) atoms. The number of ether oxygens (including phenoxy) is 3. The molecule has 452 valence electrons. The first-order valence-electron chi connectivity index (χ1n) is 23.9. The first-order valence-corrected chi connectivity index (χ1v) is 26.9. The van der Waals surface area contributed by atoms with Crippen LogP contribution in [0.25, 0.3) is 0 Å². The first kappa shape index (κ1) is 68.1. The predicted molar refractivity (Wildman–Crippen MR) is 259 cm³/mol. The summed E-state index contributed by atoms with van der Waals surface area (Å²) in [5, 5.41) is 83.3. The number of rotatable bonds is 31. The van der Waals surface area contributed by atoms with Crippen LogP contribution in [0, 0.1) is 0 Å². The molecular formula is C41H65N9O28P2. The number of amides is 6. The van der Waals surface area contributed by atoms with E-state index in [4.69, 9.17) is 34.7 Å². The lowest BCUT2D eigenvalue weighted by Crippen LogP contribution is -2.66. The zero-order chi connectivity index (χ0) is 60.7. The Morgan fingerprint density at radius 2 is 1.34 bits per heavy atom. The summed E-state index contributed by atoms with van der Waals surface area (Å²) in [6.45, 7) is 3.08. The SMILES string of the molecule is CC(=O)N[C@H]1[C@@H](OP(=O)(O)OP(=O)(O)OC[C@H]2O[C@@H](n3ccc(=O)[nH]c3=O)[C@H](O)[C@@H]2O)O[C@H](CO)[C@@H](O)[C@@H]1O[C@H](C)C(=O)N[C@@H](C)C(=O)N[C@H](CCC(=O)N[C@@H](CCC[C@@H](N)C(=O)O)C(=O)N[C@H](C)C(=O)N[C@H](C)C(=O)O)C(=O)O. The van der Waals surface area contributed by atoms with Gasteiger partial charge in [0.05, 0.1) is 13.2 Å². The second-order valence-corrected chi connectivity index (χ2v) is 21.1. The number of phosphoric acid groups is 2. The Bertz CT molecular complexity index is 2630. The molecule has 1 aromatic rings. The van der Waals surface area contributed by atoms with Gasteiger partial charge in [-0.05, 0) is 53.4 Å². The Balaban J connectivity index is 1.66. The molecule has 0 saturated carbocycles. The lowest BCUT2D eigenvalue weighted by Gasteiger charge is -2.44. The molecule has 0 bridgehead atoms. The second kappa shape index (κ2) is 30.1. The molecule has 37 nitrogen and oxygen atoms in total. The van der Waals surface area contributed by atoms with Crippen molar-refractivity contribution in [2.24, 2.45) is 5.73 Å². The number of hydrogen-bond acceptors (Lipinski definition) is 24. The molecule has 2 aliphatic rings. The molecule has 6 amide bonds. The van der Waals surface area contributed by atoms with Crippen LogP contribution in [0.5, 0.6) is 0 Å². The van der Waals surface area contributed by atoms with Gasteiger partial charge < -0.3 is 97.4 Å². The lowest BCUT2D eigenvalue weighted by atomic mass is 9.96. The van der Waals surface area contributed by atoms with Crippen molar-refractivity contribution in [1.29, 1.82) is 0 Å². The van der Waals surface area contributed by atoms with E-state index in [-0.39, 0.29) is 19.3 Å². The van der Waals surface area contributed by atoms with Gasteiger partial charge in [-0.25, -0.2) is 18.7 Å². The van der Waals surface area contributed by atoms with E-state index in [1.54, 1.807) is 0 Å². The molecule has 0 spiro atoms. The number of aliphatic hydroxyl groups excluding tert-OH is 4. The van der Waals surface area contributed by atoms with Crippen molar-refractivity contribution in [2.75, 3.05) is 13.2 Å². The number of aliphatic carboxylic acids is 3. The third-order valence-corrected chi connectivity index (χ3v) is 14.3. The summed E-state index contributed by atoms with van der Waals surface area (Å²) in [6, 6.07) is -10.0. The summed E-state index contributed by atoms with van der Waals surface area (Å²) in [5.74, 6) is -10.6. The third-order valence-electron chi connectivity index (χ3n) is 11.7. The van der Waals surface area contributed by atoms with Crippen molar-refractivity contribution in [3.63, 3.8) is 0 Å². The second-order valence-electron chi connectivity index (χ2n) is 18.1. The Labute approximate surface area is 451 Å². The van der Waals surface area contributed by atoms with E-state index in [9.17, 15) is 97.2 Å². The van der Waals surface area contributed by atoms with Crippen molar-refractivity contribution < 1.29 is 125 Å². The fourth-order valence-corrected chi connectivity index (χ4v) is 9.57. The fourth-order valence-electron chi connectivity index (χ4n) is 7.41. The van der Waals surface area contributed by atoms with Crippen molar-refractivity contribution in [1.82, 2.24) is 41.5 Å². The van der Waals surface area contributed by atoms with Crippen molar-refractivity contribution in [2.45, 2.75) is 164 Å². The number of carboxylic acids is 3. The summed E-state index contributed by atoms with van der Waals surface area (Å²) in [4.78, 5) is 159. The van der Waals surface area contributed by atoms with Crippen molar-refractivity contribution >= 4 is 69.0 Å². The molecule has 39 heteroatoms. The largest absolute Gasteiger partial charge is 0.483 e. The number of carbonyl (C=O) groups is 9. The molecular weight excluding hydrogens is 1130 g/mol. The summed E-state index contributed by atoms with van der Waals surface area (Å²) >= 11 is 0. The van der Waals surface area contributed by atoms with E-state index in [0.29, 0.717) is 4.57 Å². The minimum Gasteiger partial charge on any atom is -0.480 e. The van der Waals surface area contributed by atoms with Crippen LogP contribution in [0.4, 0.5) is 0 Å². The van der Waals surface area contributed by atoms with E-state index < -0.39 is 204 Å². The average molecular weight is 1190 g/mol. The average Bonchev–Trinajstić information content (AvgIpc) is 3.63. The highest BCUT2D eigenvalue weighted by molar-refractivity contribution is 7.61. The van der Waals surface area contributed by atoms with Crippen LogP contribution in [0.3, 0.4) is 0 Å². The summed E-state index contributed by atoms with van der Waals surface area (Å²) < 4.78 is 57.0. The number of hydrogen-bond donors (Lipinski definition) is 17. The number of nitrogens with zero attached hydrogens (tertiary/aromatic N) is 1. The molecule has 2 fully saturated rings. The van der Waals surface area contributed by atoms with Crippen LogP contribution < -0.4 is 48.9 Å². The molecule has 0 radical (unpaired) electrons. The van der Waals surface area contributed by atoms with Gasteiger partial charge >= 0.3 is 39.2 Å². The standard InChI is InChI=1S/C41H65N9O28P2/c1-15(32(58)45-17(3)37(62)63)44-35(61)21(8-6-7-20(42)38(64)65)47-25(53)10-9-22(39(66)67)48-33(59)16(2)43-34(60)18(4)74-31-27(46-19(5)52)40(76-23(13-51)29(31)56)77-80(71,72)78-79(69,70)73-14-24-28(55)30(57)36(75-24)50-12-11-26(54)49-41(50)68/h11-12,15-18,20-24,27-31,36,40,51,55-57H,6-10,13-14,42H2,1-5H3,(H,43,60)(H,44,61)(H,45,58)(H,46,52)(H,47,53)(H,48,59)(H,62,63)(H,64,65)(H,66,67)(H,69,70)(H,71,72)(H,49,54,68)/t15-,16+,17-,18-,20-,21+,22-,23-,24-,27-,28-,29-,30-,31-,36-,40-/m1/s1. The zero-order valence-corrected chi connectivity index (χ0v) is 44.8. The minimum atomic E-state index is -5.97. The van der Waals surface area contributed by atoms with Gasteiger partial charge in [-0.1, -0.05) is 0 Å². The quantitative estimate of drug-likeness (QED) is 0.0307. The summed E-state index contributed by atoms with van der Waals surface area (Å²) in [5.41, 5.74) is 3.63. The highest BCUT2D eigenvalue weighted by Crippen LogP contribution is 2.61. The number of nitrogens with two attached hydrogens (primary N) is 1. The normalized spacial score (nSPS) is 26.0. The molecule has 0 aliphatic carbocycles. The Morgan fingerprint density at radius 1 is 0.738 bits per heavy atom. The monoisotopic (exact) mass is 1190 g/mol. The van der Waals surface area contributed by atoms with Gasteiger partial charge in [0.2, 0.25) is 35.4 Å². The minimum absolute atomic E-state index is 0.0544. The van der Waals surface area contributed by atoms with Gasteiger partial charge in [0.25, 0.3) is 5.56 Å². The number of carbonyl (C=O) groups excluding carboxylic acids is 6. The first-order chi connectivity index (χ1) is 37.1. The maximum atomic E-state index is 13.4. The van der Waals surface area contributed by atoms with E-state index in [1.165, 1.54) is 6.92 Å². The van der Waals surface area contributed by atoms with Crippen LogP contribution in [-0.4, -0.2) is 213 Å². The molecule has 3 heterocycles. The molecule has 1 aromatic heterocycles. The highest BCUT2D eigenvalue weighted by Gasteiger charge is 2.52. The van der Waals surface area contributed by atoms with Gasteiger partial charge in [0.1, 0.15) is 85.0 Å². The molecule has 0 aromatic carbocycles. The van der Waals surface area contributed by atoms with Crippen LogP contribution in [0.2, 0.25) is 0 Å². The van der Waals surface area contributed by atoms with E-state index in [1.807, 2.05) is 4.98 Å². The molecule has 18 atom stereocenters. The summed E-state index contributed by atoms with van der Waals surface area (Å²) in [7, 11) is -11.8. The molecule has 3 rings (SSSR count). The van der Waals surface area contributed by atoms with E-state index in [0.717, 1.165) is 40.0 Å². The van der Waals surface area contributed by atoms with Crippen molar-refractivity contribution in [3.8, 4) is 0 Å². The van der Waals surface area contributed by atoms with Crippen LogP contribution in [0.1, 0.15) is 73.0 Å². The lowest BCUT2D eigenvalue weighted by molar-refractivity contribution is -0.261. The van der Waals surface area contributed by atoms with Gasteiger partial charge in [-0.2, -0.15) is 4.31 Å². The number of nitrogens with one attached hydrogen (secondary N) is 7. The number of aromatic amines is 1. The van der Waals surface area contributed by atoms with Crippen LogP contribution in [-0.2, 0) is 79.8 Å². The number of H-pyrrole nitrogens is 1. The summed E-state index contributed by atoms with van der Waals surface area (Å²) in [6.07, 6.45) is -18.0. The van der Waals surface area contributed by atoms with Gasteiger partial charge in [0.15, 0.2) is 12.5 Å². The van der Waals surface area contributed by atoms with Crippen LogP contribution in [0.15, 0.2) is 21.9 Å². The Morgan fingerprint density at radius 3 is 1.90 bits per heavy atom. The van der Waals surface area contributed by atoms with Gasteiger partial charge in [-0.3, -0.25) is 61.7 Å². The smallest absolute Gasteiger partial charge is 0.480 e. The molecule has 2 saturated heterocycles. The fraction of sp³-hybridized carbons (Fsp3) is 0.683. The third kappa shape index (κ3) is 20.4. The zero-order valence-electron chi connectivity index (χ0n) is 43.0. The number of aromatic nitrogens is 2. The maximum Gasteiger partial charge on any atom is 0.483 e. The predicted octanol–water partition coefficient (Wildman–Crippen LogP) is -7.22. The number of aliphatic hydroxyl groups is 4. The molecule has 2 aliphatic heterocycles. The number of carboxylic acid groups (broad SMARTS) is 3. The highest BCUT2D eigenvalue weighted by atomic mass is 31.3. The van der Waals surface area contributed by atoms with Gasteiger partial charge in [0, 0.05) is 25.6 Å². The maximum absolute atomic E-state index is 13.4. The Kier molecular flexibility index (Phi) is 25.6. The van der Waals surface area contributed by atoms with Gasteiger partial charge in [-0.15, -0.1) is 0 Å². The number of phosphoric ester groups is 2.